The van der Waals surface area contributed by atoms with Gasteiger partial charge in [-0.3, -0.25) is 14.4 Å². The van der Waals surface area contributed by atoms with Gasteiger partial charge in [-0.05, 0) is 30.2 Å². The van der Waals surface area contributed by atoms with Crippen LogP contribution >= 0.6 is 0 Å². The van der Waals surface area contributed by atoms with Gasteiger partial charge in [-0.1, -0.05) is 39.0 Å². The third-order valence-electron chi connectivity index (χ3n) is 10.7. The Labute approximate surface area is 261 Å². The van der Waals surface area contributed by atoms with Gasteiger partial charge in [-0.2, -0.15) is 0 Å². The maximum Gasteiger partial charge on any atom is 0.338 e. The number of esters is 4. The number of rotatable bonds is 5. The SMILES string of the molecule is CC(=O)O[C@H]1C[C@@]2(O)[C@@H](OC(=O)c3ccccc3)[C@@H]3[C@]4(OC(C)=O)CO[C@@H]4C[C@H](O)[C@@]3(C)C(O)[C@H](OC(C)=O)C(=C1C)C2(C)C. The second-order valence-electron chi connectivity index (χ2n) is 13.6. The first-order chi connectivity index (χ1) is 20.9. The molecular weight excluding hydrogens is 588 g/mol. The number of carbonyl (C=O) groups excluding carboxylic acids is 4. The van der Waals surface area contributed by atoms with E-state index in [2.05, 4.69) is 0 Å². The molecule has 246 valence electrons. The molecule has 1 aliphatic heterocycles. The molecule has 12 heteroatoms. The Hall–Kier alpha value is -3.32. The summed E-state index contributed by atoms with van der Waals surface area (Å²) in [5, 5.41) is 37.4. The minimum atomic E-state index is -2.11. The van der Waals surface area contributed by atoms with Crippen LogP contribution in [-0.2, 0) is 38.1 Å². The van der Waals surface area contributed by atoms with E-state index in [-0.39, 0.29) is 30.6 Å². The van der Waals surface area contributed by atoms with Crippen molar-refractivity contribution >= 4 is 23.9 Å². The molecule has 1 heterocycles. The largest absolute Gasteiger partial charge is 0.458 e. The predicted molar refractivity (Wildman–Crippen MR) is 155 cm³/mol. The standard InChI is InChI=1S/C33H42O12/c1-16-21(42-17(2)34)14-33(40)28(44-29(39)20-11-9-8-10-12-20)26-31(7,22(37)13-23-32(26,15-41-23)45-19(4)36)27(38)25(43-18(3)35)24(16)30(33,5)6/h8-12,21-23,25-28,37-38,40H,13-15H2,1-7H3/t21-,22-,23+,25+,26-,27?,28-,31+,32-,33+/m0/s1. The van der Waals surface area contributed by atoms with Crippen LogP contribution in [0.3, 0.4) is 0 Å². The van der Waals surface area contributed by atoms with Crippen molar-refractivity contribution in [3.63, 3.8) is 0 Å². The van der Waals surface area contributed by atoms with Gasteiger partial charge in [0.1, 0.15) is 30.0 Å². The monoisotopic (exact) mass is 630 g/mol. The number of carbonyl (C=O) groups is 4. The zero-order valence-corrected chi connectivity index (χ0v) is 26.6. The van der Waals surface area contributed by atoms with Crippen LogP contribution in [0.2, 0.25) is 0 Å². The smallest absolute Gasteiger partial charge is 0.338 e. The molecule has 0 radical (unpaired) electrons. The molecule has 3 fully saturated rings. The average molecular weight is 631 g/mol. The summed E-state index contributed by atoms with van der Waals surface area (Å²) in [5.74, 6) is -4.20. The minimum Gasteiger partial charge on any atom is -0.458 e. The Bertz CT molecular complexity index is 1420. The summed E-state index contributed by atoms with van der Waals surface area (Å²) in [4.78, 5) is 51.5. The summed E-state index contributed by atoms with van der Waals surface area (Å²) < 4.78 is 29.6. The highest BCUT2D eigenvalue weighted by Crippen LogP contribution is 2.65. The molecule has 2 bridgehead atoms. The highest BCUT2D eigenvalue weighted by molar-refractivity contribution is 5.89. The Morgan fingerprint density at radius 1 is 0.911 bits per heavy atom. The third-order valence-corrected chi connectivity index (χ3v) is 10.7. The molecule has 1 aromatic rings. The third kappa shape index (κ3) is 4.88. The normalized spacial score (nSPS) is 39.9. The first-order valence-corrected chi connectivity index (χ1v) is 15.1. The summed E-state index contributed by atoms with van der Waals surface area (Å²) in [7, 11) is 0. The lowest BCUT2D eigenvalue weighted by atomic mass is 9.44. The van der Waals surface area contributed by atoms with Gasteiger partial charge in [0.25, 0.3) is 0 Å². The molecule has 1 unspecified atom stereocenters. The van der Waals surface area contributed by atoms with Gasteiger partial charge in [0.15, 0.2) is 11.7 Å². The Kier molecular flexibility index (Phi) is 8.21. The van der Waals surface area contributed by atoms with Crippen molar-refractivity contribution < 1.29 is 58.2 Å². The number of fused-ring (bicyclic) bond motifs is 5. The minimum absolute atomic E-state index is 0.0700. The Balaban J connectivity index is 1.86. The summed E-state index contributed by atoms with van der Waals surface area (Å²) >= 11 is 0. The van der Waals surface area contributed by atoms with Crippen molar-refractivity contribution in [1.82, 2.24) is 0 Å². The van der Waals surface area contributed by atoms with E-state index in [1.54, 1.807) is 45.9 Å². The molecule has 1 saturated heterocycles. The van der Waals surface area contributed by atoms with Crippen LogP contribution in [0.1, 0.15) is 71.7 Å². The van der Waals surface area contributed by atoms with E-state index >= 15 is 0 Å². The first kappa shape index (κ1) is 33.1. The van der Waals surface area contributed by atoms with Crippen LogP contribution in [0.15, 0.2) is 41.5 Å². The van der Waals surface area contributed by atoms with Crippen molar-refractivity contribution in [3.8, 4) is 0 Å². The number of hydrogen-bond acceptors (Lipinski definition) is 12. The molecule has 10 atom stereocenters. The number of hydrogen-bond donors (Lipinski definition) is 3. The molecule has 2 saturated carbocycles. The van der Waals surface area contributed by atoms with E-state index in [0.717, 1.165) is 0 Å². The fourth-order valence-electron chi connectivity index (χ4n) is 8.46. The van der Waals surface area contributed by atoms with Crippen molar-refractivity contribution in [3.05, 3.63) is 47.0 Å². The van der Waals surface area contributed by atoms with E-state index in [1.165, 1.54) is 32.9 Å². The molecule has 0 amide bonds. The van der Waals surface area contributed by atoms with Crippen LogP contribution in [-0.4, -0.2) is 93.6 Å². The number of aliphatic hydroxyl groups is 3. The topological polar surface area (TPSA) is 175 Å². The van der Waals surface area contributed by atoms with Crippen LogP contribution in [0, 0.1) is 16.7 Å². The molecule has 12 nitrogen and oxygen atoms in total. The summed E-state index contributed by atoms with van der Waals surface area (Å²) in [6.07, 6.45) is -8.36. The molecule has 45 heavy (non-hydrogen) atoms. The van der Waals surface area contributed by atoms with E-state index in [0.29, 0.717) is 5.57 Å². The maximum absolute atomic E-state index is 13.9. The van der Waals surface area contributed by atoms with E-state index < -0.39 is 88.5 Å². The summed E-state index contributed by atoms with van der Waals surface area (Å²) in [6.45, 7) is 9.94. The molecule has 0 aromatic heterocycles. The quantitative estimate of drug-likeness (QED) is 0.246. The summed E-state index contributed by atoms with van der Waals surface area (Å²) in [5.41, 5.74) is -5.96. The van der Waals surface area contributed by atoms with E-state index in [1.807, 2.05) is 0 Å². The van der Waals surface area contributed by atoms with Crippen LogP contribution in [0.25, 0.3) is 0 Å². The highest BCUT2D eigenvalue weighted by Gasteiger charge is 2.78. The first-order valence-electron chi connectivity index (χ1n) is 15.1. The van der Waals surface area contributed by atoms with Crippen LogP contribution in [0.5, 0.6) is 0 Å². The lowest BCUT2D eigenvalue weighted by Crippen LogP contribution is -2.82. The fraction of sp³-hybridized carbons (Fsp3) is 0.636. The zero-order chi connectivity index (χ0) is 33.3. The molecule has 3 aliphatic carbocycles. The van der Waals surface area contributed by atoms with Gasteiger partial charge in [-0.25, -0.2) is 4.79 Å². The molecule has 5 rings (SSSR count). The van der Waals surface area contributed by atoms with Crippen molar-refractivity contribution in [2.75, 3.05) is 6.61 Å². The molecule has 3 N–H and O–H groups in total. The van der Waals surface area contributed by atoms with Gasteiger partial charge < -0.3 is 39.0 Å². The summed E-state index contributed by atoms with van der Waals surface area (Å²) in [6, 6.07) is 8.09. The van der Waals surface area contributed by atoms with Gasteiger partial charge in [0.2, 0.25) is 0 Å². The van der Waals surface area contributed by atoms with E-state index in [4.69, 9.17) is 23.7 Å². The molecule has 1 aromatic carbocycles. The zero-order valence-electron chi connectivity index (χ0n) is 26.6. The number of aliphatic hydroxyl groups excluding tert-OH is 2. The average Bonchev–Trinajstić information content (AvgIpc) is 2.94. The predicted octanol–water partition coefficient (Wildman–Crippen LogP) is 2.02. The Morgan fingerprint density at radius 2 is 1.53 bits per heavy atom. The van der Waals surface area contributed by atoms with Gasteiger partial charge >= 0.3 is 23.9 Å². The van der Waals surface area contributed by atoms with Gasteiger partial charge in [0.05, 0.1) is 24.2 Å². The molecule has 4 aliphatic rings. The molecule has 0 spiro atoms. The van der Waals surface area contributed by atoms with Crippen molar-refractivity contribution in [1.29, 1.82) is 0 Å². The second kappa shape index (κ2) is 11.2. The van der Waals surface area contributed by atoms with Gasteiger partial charge in [-0.15, -0.1) is 0 Å². The van der Waals surface area contributed by atoms with E-state index in [9.17, 15) is 34.5 Å². The second-order valence-corrected chi connectivity index (χ2v) is 13.6. The molecular formula is C33H42O12. The van der Waals surface area contributed by atoms with Crippen molar-refractivity contribution in [2.45, 2.75) is 109 Å². The fourth-order valence-corrected chi connectivity index (χ4v) is 8.46. The number of ether oxygens (including phenoxy) is 5. The van der Waals surface area contributed by atoms with Crippen LogP contribution in [0.4, 0.5) is 0 Å². The van der Waals surface area contributed by atoms with Crippen LogP contribution < -0.4 is 0 Å². The van der Waals surface area contributed by atoms with Gasteiger partial charge in [0, 0.05) is 44.4 Å². The lowest BCUT2D eigenvalue weighted by molar-refractivity contribution is -0.365. The maximum atomic E-state index is 13.9. The number of benzene rings is 1. The highest BCUT2D eigenvalue weighted by atomic mass is 16.6. The van der Waals surface area contributed by atoms with Crippen molar-refractivity contribution in [2.24, 2.45) is 16.7 Å². The Morgan fingerprint density at radius 3 is 2.07 bits per heavy atom. The lowest BCUT2D eigenvalue weighted by Gasteiger charge is -2.69.